The Morgan fingerprint density at radius 2 is 1.53 bits per heavy atom. The highest BCUT2D eigenvalue weighted by atomic mass is 16.5. The summed E-state index contributed by atoms with van der Waals surface area (Å²) in [4.78, 5) is 15.6. The highest BCUT2D eigenvalue weighted by Crippen LogP contribution is 2.40. The van der Waals surface area contributed by atoms with Crippen LogP contribution in [0.25, 0.3) is 0 Å². The molecule has 0 bridgehead atoms. The van der Waals surface area contributed by atoms with Crippen molar-refractivity contribution in [1.29, 1.82) is 0 Å². The Morgan fingerprint density at radius 1 is 0.895 bits per heavy atom. The van der Waals surface area contributed by atoms with E-state index in [-0.39, 0.29) is 17.7 Å². The molecule has 2 heterocycles. The molecule has 38 heavy (non-hydrogen) atoms. The van der Waals surface area contributed by atoms with Crippen molar-refractivity contribution in [3.05, 3.63) is 76.3 Å². The van der Waals surface area contributed by atoms with Crippen molar-refractivity contribution in [3.63, 3.8) is 0 Å². The van der Waals surface area contributed by atoms with Crippen molar-refractivity contribution in [3.8, 4) is 28.7 Å². The third-order valence-corrected chi connectivity index (χ3v) is 6.71. The van der Waals surface area contributed by atoms with Gasteiger partial charge in [0.1, 0.15) is 23.0 Å². The van der Waals surface area contributed by atoms with Crippen LogP contribution in [0.4, 0.5) is 0 Å². The van der Waals surface area contributed by atoms with Gasteiger partial charge in [-0.05, 0) is 55.7 Å². The van der Waals surface area contributed by atoms with Crippen LogP contribution < -0.4 is 23.7 Å². The number of methoxy groups -OCH3 is 5. The SMILES string of the molecule is COc1cc(OC)c(Cc2ccc(C(=O)N3CCc4cc(OC)c(OC)cc4C3C=C(C)C)o2)c(OC)c1. The lowest BCUT2D eigenvalue weighted by Gasteiger charge is -2.36. The van der Waals surface area contributed by atoms with E-state index >= 15 is 0 Å². The van der Waals surface area contributed by atoms with E-state index in [2.05, 4.69) is 6.08 Å². The van der Waals surface area contributed by atoms with Crippen LogP contribution in [0.5, 0.6) is 28.7 Å². The van der Waals surface area contributed by atoms with Crippen LogP contribution in [-0.4, -0.2) is 52.9 Å². The number of rotatable bonds is 9. The molecule has 1 amide bonds. The van der Waals surface area contributed by atoms with E-state index in [0.29, 0.717) is 53.9 Å². The summed E-state index contributed by atoms with van der Waals surface area (Å²) in [7, 11) is 8.02. The molecule has 0 saturated carbocycles. The smallest absolute Gasteiger partial charge is 0.290 e. The van der Waals surface area contributed by atoms with Gasteiger partial charge < -0.3 is 33.0 Å². The molecule has 202 valence electrons. The Labute approximate surface area is 223 Å². The lowest BCUT2D eigenvalue weighted by Crippen LogP contribution is -2.39. The average Bonchev–Trinajstić information content (AvgIpc) is 3.40. The van der Waals surface area contributed by atoms with E-state index in [4.69, 9.17) is 28.1 Å². The maximum absolute atomic E-state index is 13.8. The average molecular weight is 522 g/mol. The molecule has 1 atom stereocenters. The first-order valence-corrected chi connectivity index (χ1v) is 12.4. The number of hydrogen-bond acceptors (Lipinski definition) is 7. The number of hydrogen-bond donors (Lipinski definition) is 0. The number of carbonyl (C=O) groups is 1. The standard InChI is InChI=1S/C30H35NO7/c1-18(2)12-24-22-17-29(37-7)28(36-6)13-19(22)10-11-31(24)30(32)25-9-8-20(38-25)14-23-26(34-4)15-21(33-3)16-27(23)35-5/h8-9,12-13,15-17,24H,10-11,14H2,1-7H3. The predicted octanol–water partition coefficient (Wildman–Crippen LogP) is 5.62. The molecule has 2 aromatic carbocycles. The molecule has 8 heteroatoms. The van der Waals surface area contributed by atoms with Gasteiger partial charge >= 0.3 is 0 Å². The highest BCUT2D eigenvalue weighted by molar-refractivity contribution is 5.92. The monoisotopic (exact) mass is 521 g/mol. The number of benzene rings is 2. The molecule has 0 radical (unpaired) electrons. The van der Waals surface area contributed by atoms with Crippen molar-refractivity contribution in [2.75, 3.05) is 42.1 Å². The Balaban J connectivity index is 1.65. The molecular weight excluding hydrogens is 486 g/mol. The van der Waals surface area contributed by atoms with Crippen molar-refractivity contribution in [1.82, 2.24) is 4.90 Å². The van der Waals surface area contributed by atoms with Gasteiger partial charge in [-0.25, -0.2) is 0 Å². The zero-order valence-electron chi connectivity index (χ0n) is 23.0. The second-order valence-electron chi connectivity index (χ2n) is 9.30. The first-order valence-electron chi connectivity index (χ1n) is 12.4. The number of nitrogens with zero attached hydrogens (tertiary/aromatic N) is 1. The zero-order chi connectivity index (χ0) is 27.4. The Hall–Kier alpha value is -4.07. The summed E-state index contributed by atoms with van der Waals surface area (Å²) in [6.07, 6.45) is 3.18. The van der Waals surface area contributed by atoms with Crippen molar-refractivity contribution < 1.29 is 32.9 Å². The van der Waals surface area contributed by atoms with Crippen LogP contribution in [0.2, 0.25) is 0 Å². The van der Waals surface area contributed by atoms with Crippen LogP contribution in [-0.2, 0) is 12.8 Å². The molecule has 1 aromatic heterocycles. The minimum absolute atomic E-state index is 0.173. The van der Waals surface area contributed by atoms with E-state index in [1.54, 1.807) is 53.7 Å². The first kappa shape index (κ1) is 27.0. The largest absolute Gasteiger partial charge is 0.496 e. The van der Waals surface area contributed by atoms with Gasteiger partial charge in [-0.3, -0.25) is 4.79 Å². The third kappa shape index (κ3) is 5.30. The normalized spacial score (nSPS) is 14.4. The summed E-state index contributed by atoms with van der Waals surface area (Å²) in [6, 6.07) is 10.8. The number of amides is 1. The summed E-state index contributed by atoms with van der Waals surface area (Å²) in [6.45, 7) is 4.60. The molecule has 1 aliphatic rings. The fraction of sp³-hybridized carbons (Fsp3) is 0.367. The van der Waals surface area contributed by atoms with Crippen LogP contribution >= 0.6 is 0 Å². The molecule has 0 N–H and O–H groups in total. The van der Waals surface area contributed by atoms with Crippen molar-refractivity contribution in [2.24, 2.45) is 0 Å². The lowest BCUT2D eigenvalue weighted by atomic mass is 9.90. The second-order valence-corrected chi connectivity index (χ2v) is 9.30. The molecule has 0 fully saturated rings. The number of furan rings is 1. The van der Waals surface area contributed by atoms with Crippen LogP contribution in [0.1, 0.15) is 52.9 Å². The maximum Gasteiger partial charge on any atom is 0.290 e. The molecule has 0 saturated heterocycles. The molecule has 3 aromatic rings. The lowest BCUT2D eigenvalue weighted by molar-refractivity contribution is 0.0665. The predicted molar refractivity (Wildman–Crippen MR) is 144 cm³/mol. The summed E-state index contributed by atoms with van der Waals surface area (Å²) < 4.78 is 33.6. The highest BCUT2D eigenvalue weighted by Gasteiger charge is 2.33. The summed E-state index contributed by atoms with van der Waals surface area (Å²) in [5.74, 6) is 3.91. The van der Waals surface area contributed by atoms with Gasteiger partial charge in [0.05, 0.1) is 41.6 Å². The van der Waals surface area contributed by atoms with E-state index < -0.39 is 0 Å². The summed E-state index contributed by atoms with van der Waals surface area (Å²) >= 11 is 0. The van der Waals surface area contributed by atoms with E-state index in [1.165, 1.54) is 0 Å². The fourth-order valence-corrected chi connectivity index (χ4v) is 4.86. The Bertz CT molecular complexity index is 1310. The van der Waals surface area contributed by atoms with Crippen LogP contribution in [0.15, 0.2) is 52.5 Å². The van der Waals surface area contributed by atoms with Gasteiger partial charge in [0.15, 0.2) is 17.3 Å². The van der Waals surface area contributed by atoms with E-state index in [1.807, 2.05) is 36.9 Å². The Kier molecular flexibility index (Phi) is 8.20. The van der Waals surface area contributed by atoms with E-state index in [9.17, 15) is 4.79 Å². The molecular formula is C30H35NO7. The van der Waals surface area contributed by atoms with Crippen molar-refractivity contribution in [2.45, 2.75) is 32.7 Å². The minimum atomic E-state index is -0.258. The second kappa shape index (κ2) is 11.5. The number of allylic oxidation sites excluding steroid dienone is 1. The van der Waals surface area contributed by atoms with Crippen LogP contribution in [0.3, 0.4) is 0 Å². The van der Waals surface area contributed by atoms with Gasteiger partial charge in [-0.1, -0.05) is 11.6 Å². The quantitative estimate of drug-likeness (QED) is 0.338. The number of carbonyl (C=O) groups excluding carboxylic acids is 1. The zero-order valence-corrected chi connectivity index (χ0v) is 23.0. The molecule has 4 rings (SSSR count). The molecule has 0 spiro atoms. The van der Waals surface area contributed by atoms with Gasteiger partial charge in [0.25, 0.3) is 5.91 Å². The van der Waals surface area contributed by atoms with Gasteiger partial charge in [-0.15, -0.1) is 0 Å². The summed E-state index contributed by atoms with van der Waals surface area (Å²) in [5, 5.41) is 0. The van der Waals surface area contributed by atoms with E-state index in [0.717, 1.165) is 22.3 Å². The third-order valence-electron chi connectivity index (χ3n) is 6.71. The van der Waals surface area contributed by atoms with Gasteiger partial charge in [-0.2, -0.15) is 0 Å². The molecule has 8 nitrogen and oxygen atoms in total. The molecule has 1 aliphatic heterocycles. The maximum atomic E-state index is 13.8. The molecule has 1 unspecified atom stereocenters. The summed E-state index contributed by atoms with van der Waals surface area (Å²) in [5.41, 5.74) is 4.06. The first-order chi connectivity index (χ1) is 18.3. The minimum Gasteiger partial charge on any atom is -0.496 e. The topological polar surface area (TPSA) is 79.6 Å². The van der Waals surface area contributed by atoms with Crippen molar-refractivity contribution >= 4 is 5.91 Å². The van der Waals surface area contributed by atoms with Gasteiger partial charge in [0, 0.05) is 30.7 Å². The number of ether oxygens (including phenoxy) is 5. The van der Waals surface area contributed by atoms with Crippen LogP contribution in [0, 0.1) is 0 Å². The molecule has 0 aliphatic carbocycles. The fourth-order valence-electron chi connectivity index (χ4n) is 4.86. The Morgan fingerprint density at radius 3 is 2.11 bits per heavy atom. The number of fused-ring (bicyclic) bond motifs is 1. The van der Waals surface area contributed by atoms with Gasteiger partial charge in [0.2, 0.25) is 0 Å².